The molecule has 1 fully saturated rings. The van der Waals surface area contributed by atoms with Gasteiger partial charge in [-0.15, -0.1) is 0 Å². The summed E-state index contributed by atoms with van der Waals surface area (Å²) in [6.45, 7) is 6.77. The number of nitrogens with one attached hydrogen (secondary N) is 2. The van der Waals surface area contributed by atoms with Gasteiger partial charge in [0.25, 0.3) is 5.56 Å². The van der Waals surface area contributed by atoms with E-state index in [4.69, 9.17) is 17.0 Å². The number of aromatic amines is 1. The fourth-order valence-electron chi connectivity index (χ4n) is 3.27. The second-order valence-electron chi connectivity index (χ2n) is 6.51. The van der Waals surface area contributed by atoms with Gasteiger partial charge in [0.2, 0.25) is 0 Å². The van der Waals surface area contributed by atoms with Gasteiger partial charge < -0.3 is 19.9 Å². The van der Waals surface area contributed by atoms with Crippen molar-refractivity contribution in [3.63, 3.8) is 0 Å². The molecule has 2 aromatic rings. The zero-order chi connectivity index (χ0) is 17.8. The number of benzene rings is 1. The van der Waals surface area contributed by atoms with Crippen LogP contribution in [-0.4, -0.2) is 40.8 Å². The topological polar surface area (TPSA) is 57.4 Å². The molecule has 1 unspecified atom stereocenters. The SMILES string of the molecule is CCNC(=S)N(Cc1cc2cccc(C)c2[nH]c1=O)CC1CCCO1. The molecule has 2 heterocycles. The van der Waals surface area contributed by atoms with Crippen LogP contribution in [0.2, 0.25) is 0 Å². The van der Waals surface area contributed by atoms with E-state index in [1.54, 1.807) is 0 Å². The Morgan fingerprint density at radius 3 is 3.04 bits per heavy atom. The Morgan fingerprint density at radius 2 is 2.32 bits per heavy atom. The fraction of sp³-hybridized carbons (Fsp3) is 0.474. The van der Waals surface area contributed by atoms with E-state index in [1.165, 1.54) is 0 Å². The summed E-state index contributed by atoms with van der Waals surface area (Å²) in [5.74, 6) is 0. The van der Waals surface area contributed by atoms with Gasteiger partial charge >= 0.3 is 0 Å². The number of para-hydroxylation sites is 1. The van der Waals surface area contributed by atoms with Gasteiger partial charge in [-0.05, 0) is 55.9 Å². The summed E-state index contributed by atoms with van der Waals surface area (Å²) in [6, 6.07) is 8.00. The van der Waals surface area contributed by atoms with Crippen LogP contribution in [0.3, 0.4) is 0 Å². The molecule has 2 N–H and O–H groups in total. The molecule has 0 aliphatic carbocycles. The zero-order valence-corrected chi connectivity index (χ0v) is 15.6. The van der Waals surface area contributed by atoms with E-state index >= 15 is 0 Å². The standard InChI is InChI=1S/C19H25N3O2S/c1-3-20-19(25)22(12-16-8-5-9-24-16)11-15-10-14-7-4-6-13(2)17(14)21-18(15)23/h4,6-7,10,16H,3,5,8-9,11-12H2,1-2H3,(H,20,25)(H,21,23). The van der Waals surface area contributed by atoms with Crippen LogP contribution < -0.4 is 10.9 Å². The molecule has 25 heavy (non-hydrogen) atoms. The Bertz CT molecular complexity index is 812. The highest BCUT2D eigenvalue weighted by Gasteiger charge is 2.21. The van der Waals surface area contributed by atoms with Crippen molar-refractivity contribution in [3.05, 3.63) is 45.7 Å². The lowest BCUT2D eigenvalue weighted by molar-refractivity contribution is 0.0897. The first-order valence-corrected chi connectivity index (χ1v) is 9.25. The summed E-state index contributed by atoms with van der Waals surface area (Å²) in [6.07, 6.45) is 2.30. The number of fused-ring (bicyclic) bond motifs is 1. The summed E-state index contributed by atoms with van der Waals surface area (Å²) < 4.78 is 5.75. The lowest BCUT2D eigenvalue weighted by Gasteiger charge is -2.28. The molecule has 1 atom stereocenters. The van der Waals surface area contributed by atoms with Crippen molar-refractivity contribution in [2.75, 3.05) is 19.7 Å². The maximum Gasteiger partial charge on any atom is 0.253 e. The normalized spacial score (nSPS) is 17.0. The molecule has 1 aliphatic heterocycles. The molecule has 1 aromatic heterocycles. The molecule has 0 spiro atoms. The van der Waals surface area contributed by atoms with Crippen LogP contribution in [0.4, 0.5) is 0 Å². The monoisotopic (exact) mass is 359 g/mol. The first kappa shape index (κ1) is 17.9. The average Bonchev–Trinajstić information content (AvgIpc) is 3.09. The first-order chi connectivity index (χ1) is 12.1. The number of rotatable bonds is 5. The Hall–Kier alpha value is -1.92. The molecule has 1 saturated heterocycles. The van der Waals surface area contributed by atoms with E-state index in [-0.39, 0.29) is 11.7 Å². The van der Waals surface area contributed by atoms with Crippen LogP contribution in [-0.2, 0) is 11.3 Å². The van der Waals surface area contributed by atoms with E-state index in [2.05, 4.69) is 10.3 Å². The number of hydrogen-bond donors (Lipinski definition) is 2. The van der Waals surface area contributed by atoms with Crippen molar-refractivity contribution in [3.8, 4) is 0 Å². The molecule has 0 amide bonds. The third-order valence-electron chi connectivity index (χ3n) is 4.59. The summed E-state index contributed by atoms with van der Waals surface area (Å²) >= 11 is 5.52. The number of H-pyrrole nitrogens is 1. The van der Waals surface area contributed by atoms with Crippen molar-refractivity contribution >= 4 is 28.2 Å². The maximum atomic E-state index is 12.6. The van der Waals surface area contributed by atoms with Crippen LogP contribution in [0.25, 0.3) is 10.9 Å². The summed E-state index contributed by atoms with van der Waals surface area (Å²) in [7, 11) is 0. The summed E-state index contributed by atoms with van der Waals surface area (Å²) in [5, 5.41) is 4.91. The zero-order valence-electron chi connectivity index (χ0n) is 14.8. The number of hydrogen-bond acceptors (Lipinski definition) is 3. The van der Waals surface area contributed by atoms with Gasteiger partial charge in [0.1, 0.15) is 0 Å². The summed E-state index contributed by atoms with van der Waals surface area (Å²) in [5.41, 5.74) is 2.63. The van der Waals surface area contributed by atoms with Crippen molar-refractivity contribution in [2.45, 2.75) is 39.3 Å². The molecule has 134 valence electrons. The fourth-order valence-corrected chi connectivity index (χ4v) is 3.55. The lowest BCUT2D eigenvalue weighted by Crippen LogP contribution is -2.43. The van der Waals surface area contributed by atoms with Crippen molar-refractivity contribution in [1.29, 1.82) is 0 Å². The highest BCUT2D eigenvalue weighted by atomic mass is 32.1. The Morgan fingerprint density at radius 1 is 1.48 bits per heavy atom. The Kier molecular flexibility index (Phi) is 5.71. The molecule has 1 aromatic carbocycles. The molecular weight excluding hydrogens is 334 g/mol. The van der Waals surface area contributed by atoms with E-state index < -0.39 is 0 Å². The van der Waals surface area contributed by atoms with Gasteiger partial charge in [-0.1, -0.05) is 18.2 Å². The highest BCUT2D eigenvalue weighted by molar-refractivity contribution is 7.80. The average molecular weight is 359 g/mol. The minimum atomic E-state index is -0.0570. The predicted molar refractivity (Wildman–Crippen MR) is 105 cm³/mol. The Labute approximate surface area is 153 Å². The minimum Gasteiger partial charge on any atom is -0.376 e. The minimum absolute atomic E-state index is 0.0570. The van der Waals surface area contributed by atoms with Gasteiger partial charge in [0.15, 0.2) is 5.11 Å². The second-order valence-corrected chi connectivity index (χ2v) is 6.90. The van der Waals surface area contributed by atoms with E-state index in [0.717, 1.165) is 48.0 Å². The number of ether oxygens (including phenoxy) is 1. The predicted octanol–water partition coefficient (Wildman–Crippen LogP) is 2.71. The molecule has 6 heteroatoms. The smallest absolute Gasteiger partial charge is 0.253 e. The molecule has 3 rings (SSSR count). The third-order valence-corrected chi connectivity index (χ3v) is 4.99. The number of nitrogens with zero attached hydrogens (tertiary/aromatic N) is 1. The Balaban J connectivity index is 1.87. The van der Waals surface area contributed by atoms with Crippen molar-refractivity contribution < 1.29 is 4.74 Å². The molecule has 5 nitrogen and oxygen atoms in total. The van der Waals surface area contributed by atoms with Crippen LogP contribution >= 0.6 is 12.2 Å². The van der Waals surface area contributed by atoms with E-state index in [9.17, 15) is 4.79 Å². The first-order valence-electron chi connectivity index (χ1n) is 8.84. The van der Waals surface area contributed by atoms with Gasteiger partial charge in [-0.2, -0.15) is 0 Å². The third kappa shape index (κ3) is 4.19. The highest BCUT2D eigenvalue weighted by Crippen LogP contribution is 2.18. The van der Waals surface area contributed by atoms with Gasteiger partial charge in [-0.3, -0.25) is 4.79 Å². The molecule has 1 aliphatic rings. The number of pyridine rings is 1. The van der Waals surface area contributed by atoms with Crippen molar-refractivity contribution in [1.82, 2.24) is 15.2 Å². The molecule has 0 saturated carbocycles. The van der Waals surface area contributed by atoms with Crippen molar-refractivity contribution in [2.24, 2.45) is 0 Å². The van der Waals surface area contributed by atoms with Crippen LogP contribution in [0.5, 0.6) is 0 Å². The van der Waals surface area contributed by atoms with E-state index in [0.29, 0.717) is 18.2 Å². The van der Waals surface area contributed by atoms with Gasteiger partial charge in [-0.25, -0.2) is 0 Å². The van der Waals surface area contributed by atoms with Crippen LogP contribution in [0.1, 0.15) is 30.9 Å². The maximum absolute atomic E-state index is 12.6. The van der Waals surface area contributed by atoms with E-state index in [1.807, 2.05) is 43.0 Å². The van der Waals surface area contributed by atoms with Gasteiger partial charge in [0.05, 0.1) is 18.2 Å². The molecule has 0 radical (unpaired) electrons. The lowest BCUT2D eigenvalue weighted by atomic mass is 10.1. The largest absolute Gasteiger partial charge is 0.376 e. The quantitative estimate of drug-likeness (QED) is 0.804. The molecule has 0 bridgehead atoms. The number of aromatic nitrogens is 1. The number of aryl methyl sites for hydroxylation is 1. The van der Waals surface area contributed by atoms with Crippen LogP contribution in [0.15, 0.2) is 29.1 Å². The second kappa shape index (κ2) is 7.97. The van der Waals surface area contributed by atoms with Gasteiger partial charge in [0, 0.05) is 25.3 Å². The molecular formula is C19H25N3O2S. The van der Waals surface area contributed by atoms with Crippen LogP contribution in [0, 0.1) is 6.92 Å². The summed E-state index contributed by atoms with van der Waals surface area (Å²) in [4.78, 5) is 17.6. The number of thiocarbonyl (C=S) groups is 1.